The van der Waals surface area contributed by atoms with Crippen LogP contribution in [0.25, 0.3) is 0 Å². The zero-order chi connectivity index (χ0) is 5.11. The number of aldehydes is 1. The minimum absolute atomic E-state index is 0. The molecule has 1 aromatic heterocycles. The zero-order valence-electron chi connectivity index (χ0n) is 4.29. The maximum absolute atomic E-state index is 9.77. The van der Waals surface area contributed by atoms with Gasteiger partial charge in [-0.25, -0.2) is 4.98 Å². The number of aromatic nitrogens is 2. The van der Waals surface area contributed by atoms with Crippen LogP contribution in [-0.2, 0) is 19.5 Å². The molecule has 0 unspecified atom stereocenters. The second kappa shape index (κ2) is 3.50. The van der Waals surface area contributed by atoms with E-state index < -0.39 is 0 Å². The summed E-state index contributed by atoms with van der Waals surface area (Å²) in [5.74, 6) is 0.375. The van der Waals surface area contributed by atoms with E-state index in [9.17, 15) is 4.79 Å². The molecule has 0 fully saturated rings. The van der Waals surface area contributed by atoms with Crippen molar-refractivity contribution in [3.63, 3.8) is 0 Å². The van der Waals surface area contributed by atoms with Crippen LogP contribution in [0.4, 0.5) is 0 Å². The Bertz CT molecular complexity index is 149. The van der Waals surface area contributed by atoms with Gasteiger partial charge in [-0.15, -0.1) is 0 Å². The van der Waals surface area contributed by atoms with Gasteiger partial charge in [0.1, 0.15) is 0 Å². The fourth-order valence-corrected chi connectivity index (χ4v) is 0.342. The van der Waals surface area contributed by atoms with Crippen LogP contribution >= 0.6 is 0 Å². The Balaban J connectivity index is 0.000000490. The largest absolute Gasteiger partial charge is 0.342 e. The Morgan fingerprint density at radius 1 is 1.75 bits per heavy atom. The smallest absolute Gasteiger partial charge is 0.185 e. The standard InChI is InChI=1S/C4H4N2O.Zn/c7-3-4-5-1-2-6-4;/h1-3H,(H,5,6);. The van der Waals surface area contributed by atoms with Gasteiger partial charge in [0.05, 0.1) is 0 Å². The van der Waals surface area contributed by atoms with Crippen molar-refractivity contribution in [2.45, 2.75) is 0 Å². The summed E-state index contributed by atoms with van der Waals surface area (Å²) in [6.45, 7) is 0. The van der Waals surface area contributed by atoms with Crippen molar-refractivity contribution in [1.82, 2.24) is 9.97 Å². The normalized spacial score (nSPS) is 7.50. The average molecular weight is 161 g/mol. The molecule has 0 aliphatic heterocycles. The summed E-state index contributed by atoms with van der Waals surface area (Å²) in [6, 6.07) is 0. The number of hydrogen-bond acceptors (Lipinski definition) is 2. The second-order valence-electron chi connectivity index (χ2n) is 1.09. The van der Waals surface area contributed by atoms with Gasteiger partial charge in [0.2, 0.25) is 0 Å². The van der Waals surface area contributed by atoms with Crippen molar-refractivity contribution in [2.24, 2.45) is 0 Å². The molecule has 4 heteroatoms. The SMILES string of the molecule is O=Cc1ncc[nH]1.[Zn]. The van der Waals surface area contributed by atoms with Crippen LogP contribution in [0.3, 0.4) is 0 Å². The van der Waals surface area contributed by atoms with Gasteiger partial charge >= 0.3 is 0 Å². The maximum atomic E-state index is 9.77. The minimum atomic E-state index is 0. The summed E-state index contributed by atoms with van der Waals surface area (Å²) < 4.78 is 0. The first-order valence-corrected chi connectivity index (χ1v) is 1.88. The molecular weight excluding hydrogens is 157 g/mol. The van der Waals surface area contributed by atoms with Crippen molar-refractivity contribution >= 4 is 6.29 Å². The van der Waals surface area contributed by atoms with Crippen LogP contribution in [0, 0.1) is 0 Å². The fraction of sp³-hybridized carbons (Fsp3) is 0. The molecular formula is C4H4N2OZn. The molecule has 0 atom stereocenters. The number of aromatic amines is 1. The van der Waals surface area contributed by atoms with Crippen LogP contribution in [0.15, 0.2) is 12.4 Å². The molecule has 0 aliphatic carbocycles. The van der Waals surface area contributed by atoms with Gasteiger partial charge < -0.3 is 4.98 Å². The Labute approximate surface area is 59.3 Å². The monoisotopic (exact) mass is 160 g/mol. The number of imidazole rings is 1. The average Bonchev–Trinajstić information content (AvgIpc) is 2.14. The summed E-state index contributed by atoms with van der Waals surface area (Å²) in [5.41, 5.74) is 0. The van der Waals surface area contributed by atoms with Gasteiger partial charge in [-0.3, -0.25) is 4.79 Å². The van der Waals surface area contributed by atoms with E-state index in [4.69, 9.17) is 0 Å². The van der Waals surface area contributed by atoms with Crippen LogP contribution in [0.2, 0.25) is 0 Å². The van der Waals surface area contributed by atoms with Crippen molar-refractivity contribution in [1.29, 1.82) is 0 Å². The van der Waals surface area contributed by atoms with Gasteiger partial charge in [0, 0.05) is 31.9 Å². The number of H-pyrrole nitrogens is 1. The van der Waals surface area contributed by atoms with Crippen LogP contribution in [0.5, 0.6) is 0 Å². The number of carbonyl (C=O) groups is 1. The third-order valence-corrected chi connectivity index (χ3v) is 0.631. The number of hydrogen-bond donors (Lipinski definition) is 1. The van der Waals surface area contributed by atoms with E-state index >= 15 is 0 Å². The Kier molecular flexibility index (Phi) is 3.28. The molecule has 0 spiro atoms. The second-order valence-corrected chi connectivity index (χ2v) is 1.09. The summed E-state index contributed by atoms with van der Waals surface area (Å²) in [7, 11) is 0. The van der Waals surface area contributed by atoms with E-state index in [2.05, 4.69) is 9.97 Å². The summed E-state index contributed by atoms with van der Waals surface area (Å²) in [5, 5.41) is 0. The molecule has 0 radical (unpaired) electrons. The molecule has 1 rings (SSSR count). The first-order chi connectivity index (χ1) is 3.43. The Hall–Kier alpha value is -0.497. The van der Waals surface area contributed by atoms with Crippen LogP contribution in [0.1, 0.15) is 10.6 Å². The molecule has 1 N–H and O–H groups in total. The molecule has 1 aromatic rings. The summed E-state index contributed by atoms with van der Waals surface area (Å²) in [4.78, 5) is 16.0. The number of carbonyl (C=O) groups excluding carboxylic acids is 1. The molecule has 0 aromatic carbocycles. The van der Waals surface area contributed by atoms with E-state index in [-0.39, 0.29) is 19.5 Å². The van der Waals surface area contributed by atoms with Crippen molar-refractivity contribution in [3.05, 3.63) is 18.2 Å². The van der Waals surface area contributed by atoms with Crippen LogP contribution in [-0.4, -0.2) is 16.3 Å². The van der Waals surface area contributed by atoms with Gasteiger partial charge in [0.25, 0.3) is 0 Å². The fourth-order valence-electron chi connectivity index (χ4n) is 0.342. The third kappa shape index (κ3) is 1.54. The first kappa shape index (κ1) is 7.50. The molecule has 0 aliphatic rings. The number of nitrogens with zero attached hydrogens (tertiary/aromatic N) is 1. The van der Waals surface area contributed by atoms with Crippen molar-refractivity contribution in [3.8, 4) is 0 Å². The van der Waals surface area contributed by atoms with E-state index in [0.29, 0.717) is 12.1 Å². The van der Waals surface area contributed by atoms with Gasteiger partial charge in [-0.05, 0) is 0 Å². The molecule has 0 bridgehead atoms. The molecule has 38 valence electrons. The predicted molar refractivity (Wildman–Crippen MR) is 24.0 cm³/mol. The van der Waals surface area contributed by atoms with Crippen molar-refractivity contribution < 1.29 is 24.3 Å². The minimum Gasteiger partial charge on any atom is -0.342 e. The van der Waals surface area contributed by atoms with Crippen LogP contribution < -0.4 is 0 Å². The van der Waals surface area contributed by atoms with E-state index in [1.54, 1.807) is 6.20 Å². The predicted octanol–water partition coefficient (Wildman–Crippen LogP) is 0.220. The van der Waals surface area contributed by atoms with Gasteiger partial charge in [-0.2, -0.15) is 0 Å². The third-order valence-electron chi connectivity index (χ3n) is 0.631. The van der Waals surface area contributed by atoms with Gasteiger partial charge in [0.15, 0.2) is 12.1 Å². The zero-order valence-corrected chi connectivity index (χ0v) is 7.26. The first-order valence-electron chi connectivity index (χ1n) is 1.88. The molecule has 0 amide bonds. The van der Waals surface area contributed by atoms with E-state index in [1.165, 1.54) is 6.20 Å². The number of nitrogens with one attached hydrogen (secondary N) is 1. The molecule has 8 heavy (non-hydrogen) atoms. The molecule has 0 saturated carbocycles. The quantitative estimate of drug-likeness (QED) is 0.473. The molecule has 1 heterocycles. The summed E-state index contributed by atoms with van der Waals surface area (Å²) >= 11 is 0. The molecule has 0 saturated heterocycles. The van der Waals surface area contributed by atoms with E-state index in [0.717, 1.165) is 0 Å². The Morgan fingerprint density at radius 3 is 2.75 bits per heavy atom. The Morgan fingerprint density at radius 2 is 2.50 bits per heavy atom. The van der Waals surface area contributed by atoms with Crippen molar-refractivity contribution in [2.75, 3.05) is 0 Å². The van der Waals surface area contributed by atoms with E-state index in [1.807, 2.05) is 0 Å². The molecule has 3 nitrogen and oxygen atoms in total. The maximum Gasteiger partial charge on any atom is 0.185 e. The summed E-state index contributed by atoms with van der Waals surface area (Å²) in [6.07, 6.45) is 3.80. The topological polar surface area (TPSA) is 45.8 Å². The van der Waals surface area contributed by atoms with Gasteiger partial charge in [-0.1, -0.05) is 0 Å². The number of rotatable bonds is 1.